The summed E-state index contributed by atoms with van der Waals surface area (Å²) in [6, 6.07) is 18.0. The topological polar surface area (TPSA) is 128 Å². The van der Waals surface area contributed by atoms with Gasteiger partial charge in [0.25, 0.3) is 5.91 Å². The van der Waals surface area contributed by atoms with E-state index in [1.165, 1.54) is 31.6 Å². The van der Waals surface area contributed by atoms with Gasteiger partial charge in [-0.15, -0.1) is 0 Å². The summed E-state index contributed by atoms with van der Waals surface area (Å²) in [5.41, 5.74) is 1.20. The Kier molecular flexibility index (Phi) is 7.85. The van der Waals surface area contributed by atoms with Gasteiger partial charge in [-0.2, -0.15) is 5.26 Å². The average molecular weight is 552 g/mol. The van der Waals surface area contributed by atoms with Crippen LogP contribution in [0.1, 0.15) is 31.1 Å². The summed E-state index contributed by atoms with van der Waals surface area (Å²) in [6.45, 7) is 3.15. The number of ether oxygens (including phenoxy) is 3. The first-order chi connectivity index (χ1) is 18.2. The van der Waals surface area contributed by atoms with E-state index in [0.717, 1.165) is 4.70 Å². The number of hydrogen-bond acceptors (Lipinski definition) is 9. The predicted molar refractivity (Wildman–Crippen MR) is 145 cm³/mol. The predicted octanol–water partition coefficient (Wildman–Crippen LogP) is 5.13. The van der Waals surface area contributed by atoms with E-state index in [1.807, 2.05) is 6.07 Å². The normalized spacial score (nSPS) is 12.1. The Morgan fingerprint density at radius 1 is 1.03 bits per heavy atom. The number of sulfone groups is 1. The van der Waals surface area contributed by atoms with Crippen LogP contribution in [0, 0.1) is 11.3 Å². The van der Waals surface area contributed by atoms with Gasteiger partial charge in [0.1, 0.15) is 5.75 Å². The smallest absolute Gasteiger partial charge is 0.272 e. The van der Waals surface area contributed by atoms with E-state index in [4.69, 9.17) is 19.5 Å². The summed E-state index contributed by atoms with van der Waals surface area (Å²) in [5.74, 6) is 0.702. The number of carbonyl (C=O) groups excluding carboxylic acids is 1. The molecule has 3 aromatic carbocycles. The first-order valence-electron chi connectivity index (χ1n) is 11.5. The van der Waals surface area contributed by atoms with Gasteiger partial charge in [-0.05, 0) is 44.2 Å². The van der Waals surface area contributed by atoms with Crippen LogP contribution in [0.3, 0.4) is 0 Å². The molecular formula is C27H25N3O6S2. The SMILES string of the molecule is COc1cc2nc(NC(=O)C(Oc3ccc(C#N)cc3)c3ccccc3S(=O)(=O)C(C)C)sc2cc1OC. The summed E-state index contributed by atoms with van der Waals surface area (Å²) < 4.78 is 43.8. The third-order valence-electron chi connectivity index (χ3n) is 5.73. The molecule has 0 aliphatic heterocycles. The van der Waals surface area contributed by atoms with Crippen molar-refractivity contribution >= 4 is 42.4 Å². The van der Waals surface area contributed by atoms with Gasteiger partial charge in [0, 0.05) is 17.7 Å². The zero-order valence-electron chi connectivity index (χ0n) is 21.1. The molecule has 1 aromatic heterocycles. The van der Waals surface area contributed by atoms with Gasteiger partial charge in [0.15, 0.2) is 26.5 Å². The lowest BCUT2D eigenvalue weighted by molar-refractivity contribution is -0.123. The summed E-state index contributed by atoms with van der Waals surface area (Å²) in [5, 5.41) is 11.4. The van der Waals surface area contributed by atoms with Crippen molar-refractivity contribution in [2.75, 3.05) is 19.5 Å². The maximum absolute atomic E-state index is 13.6. The molecule has 0 fully saturated rings. The first kappa shape index (κ1) is 26.9. The van der Waals surface area contributed by atoms with Gasteiger partial charge in [-0.1, -0.05) is 29.5 Å². The highest BCUT2D eigenvalue weighted by molar-refractivity contribution is 7.92. The quantitative estimate of drug-likeness (QED) is 0.303. The Morgan fingerprint density at radius 3 is 2.32 bits per heavy atom. The van der Waals surface area contributed by atoms with Gasteiger partial charge in [-0.25, -0.2) is 13.4 Å². The highest BCUT2D eigenvalue weighted by atomic mass is 32.2. The molecule has 0 saturated carbocycles. The number of carbonyl (C=O) groups is 1. The molecule has 0 aliphatic rings. The van der Waals surface area contributed by atoms with Crippen molar-refractivity contribution in [3.63, 3.8) is 0 Å². The Labute approximate surface area is 224 Å². The van der Waals surface area contributed by atoms with Crippen LogP contribution < -0.4 is 19.5 Å². The molecule has 0 radical (unpaired) electrons. The van der Waals surface area contributed by atoms with E-state index in [9.17, 15) is 13.2 Å². The Hall–Kier alpha value is -4.14. The number of methoxy groups -OCH3 is 2. The van der Waals surface area contributed by atoms with Crippen LogP contribution in [0.2, 0.25) is 0 Å². The Morgan fingerprint density at radius 2 is 1.68 bits per heavy atom. The van der Waals surface area contributed by atoms with Gasteiger partial charge in [0.05, 0.1) is 46.2 Å². The van der Waals surface area contributed by atoms with Gasteiger partial charge >= 0.3 is 0 Å². The van der Waals surface area contributed by atoms with Crippen molar-refractivity contribution in [2.45, 2.75) is 30.1 Å². The number of nitrogens with one attached hydrogen (secondary N) is 1. The second-order valence-corrected chi connectivity index (χ2v) is 12.0. The molecule has 0 aliphatic carbocycles. The Bertz CT molecular complexity index is 1580. The minimum Gasteiger partial charge on any atom is -0.493 e. The highest BCUT2D eigenvalue weighted by Crippen LogP contribution is 2.37. The molecule has 0 bridgehead atoms. The number of hydrogen-bond donors (Lipinski definition) is 1. The molecule has 9 nitrogen and oxygen atoms in total. The van der Waals surface area contributed by atoms with Crippen LogP contribution in [0.25, 0.3) is 10.2 Å². The fourth-order valence-electron chi connectivity index (χ4n) is 3.69. The molecule has 0 saturated heterocycles. The van der Waals surface area contributed by atoms with Crippen molar-refractivity contribution in [1.82, 2.24) is 4.98 Å². The van der Waals surface area contributed by atoms with E-state index in [0.29, 0.717) is 28.3 Å². The molecule has 1 atom stereocenters. The number of rotatable bonds is 9. The number of anilines is 1. The van der Waals surface area contributed by atoms with E-state index in [1.54, 1.807) is 68.4 Å². The van der Waals surface area contributed by atoms with Crippen LogP contribution in [0.4, 0.5) is 5.13 Å². The molecule has 196 valence electrons. The molecular weight excluding hydrogens is 526 g/mol. The zero-order chi connectivity index (χ0) is 27.4. The fraction of sp³-hybridized carbons (Fsp3) is 0.222. The monoisotopic (exact) mass is 551 g/mol. The van der Waals surface area contributed by atoms with Crippen molar-refractivity contribution in [2.24, 2.45) is 0 Å². The molecule has 4 aromatic rings. The molecule has 1 N–H and O–H groups in total. The van der Waals surface area contributed by atoms with Crippen LogP contribution in [0.5, 0.6) is 17.2 Å². The third kappa shape index (κ3) is 5.41. The molecule has 11 heteroatoms. The van der Waals surface area contributed by atoms with Crippen LogP contribution in [0.15, 0.2) is 65.6 Å². The minimum absolute atomic E-state index is 0.00238. The van der Waals surface area contributed by atoms with Crippen molar-refractivity contribution in [1.29, 1.82) is 5.26 Å². The number of amides is 1. The van der Waals surface area contributed by atoms with E-state index < -0.39 is 27.1 Å². The molecule has 1 amide bonds. The van der Waals surface area contributed by atoms with Gasteiger partial charge in [0.2, 0.25) is 6.10 Å². The molecule has 0 spiro atoms. The van der Waals surface area contributed by atoms with E-state index in [-0.39, 0.29) is 15.6 Å². The molecule has 38 heavy (non-hydrogen) atoms. The summed E-state index contributed by atoms with van der Waals surface area (Å²) in [7, 11) is -0.692. The lowest BCUT2D eigenvalue weighted by Gasteiger charge is -2.22. The highest BCUT2D eigenvalue weighted by Gasteiger charge is 2.32. The fourth-order valence-corrected chi connectivity index (χ4v) is 5.85. The number of aromatic nitrogens is 1. The second-order valence-electron chi connectivity index (χ2n) is 8.45. The Balaban J connectivity index is 1.75. The van der Waals surface area contributed by atoms with Gasteiger partial charge < -0.3 is 14.2 Å². The maximum Gasteiger partial charge on any atom is 0.272 e. The standard InChI is InChI=1S/C27H25N3O6S2/c1-16(2)38(32,33)24-8-6-5-7-19(24)25(36-18-11-9-17(15-28)10-12-18)26(31)30-27-29-20-13-21(34-3)22(35-4)14-23(20)37-27/h5-14,16,25H,1-4H3,(H,29,30,31). The molecule has 1 heterocycles. The largest absolute Gasteiger partial charge is 0.493 e. The van der Waals surface area contributed by atoms with Crippen LogP contribution in [-0.2, 0) is 14.6 Å². The lowest BCUT2D eigenvalue weighted by atomic mass is 10.1. The number of fused-ring (bicyclic) bond motifs is 1. The van der Waals surface area contributed by atoms with Crippen molar-refractivity contribution < 1.29 is 27.4 Å². The number of benzene rings is 3. The number of nitrogens with zero attached hydrogens (tertiary/aromatic N) is 2. The minimum atomic E-state index is -3.74. The third-order valence-corrected chi connectivity index (χ3v) is 8.89. The first-order valence-corrected chi connectivity index (χ1v) is 13.9. The van der Waals surface area contributed by atoms with Crippen LogP contribution >= 0.6 is 11.3 Å². The van der Waals surface area contributed by atoms with Crippen molar-refractivity contribution in [3.8, 4) is 23.3 Å². The summed E-state index contributed by atoms with van der Waals surface area (Å²) in [4.78, 5) is 18.1. The zero-order valence-corrected chi connectivity index (χ0v) is 22.7. The summed E-state index contributed by atoms with van der Waals surface area (Å²) >= 11 is 1.22. The van der Waals surface area contributed by atoms with E-state index in [2.05, 4.69) is 10.3 Å². The number of nitriles is 1. The number of thiazole rings is 1. The molecule has 4 rings (SSSR count). The lowest BCUT2D eigenvalue weighted by Crippen LogP contribution is -2.28. The molecule has 1 unspecified atom stereocenters. The van der Waals surface area contributed by atoms with Crippen LogP contribution in [-0.4, -0.2) is 38.8 Å². The van der Waals surface area contributed by atoms with E-state index >= 15 is 0 Å². The summed E-state index contributed by atoms with van der Waals surface area (Å²) in [6.07, 6.45) is -1.33. The van der Waals surface area contributed by atoms with Crippen molar-refractivity contribution in [3.05, 3.63) is 71.8 Å². The maximum atomic E-state index is 13.6. The average Bonchev–Trinajstić information content (AvgIpc) is 3.31. The second kappa shape index (κ2) is 11.1. The van der Waals surface area contributed by atoms with Gasteiger partial charge in [-0.3, -0.25) is 10.1 Å².